The van der Waals surface area contributed by atoms with Crippen molar-refractivity contribution in [3.05, 3.63) is 52.7 Å². The van der Waals surface area contributed by atoms with Crippen LogP contribution in [0.2, 0.25) is 0 Å². The number of hydrogen-bond donors (Lipinski definition) is 2. The van der Waals surface area contributed by atoms with Gasteiger partial charge in [0.2, 0.25) is 6.23 Å². The van der Waals surface area contributed by atoms with Crippen molar-refractivity contribution in [2.75, 3.05) is 19.0 Å². The molecule has 3 rings (SSSR count). The highest BCUT2D eigenvalue weighted by Crippen LogP contribution is 2.42. The number of methoxy groups -OCH3 is 1. The van der Waals surface area contributed by atoms with Crippen molar-refractivity contribution in [1.82, 2.24) is 9.55 Å². The molecule has 1 aromatic heterocycles. The molecule has 2 N–H and O–H groups in total. The first-order valence-corrected chi connectivity index (χ1v) is 7.98. The van der Waals surface area contributed by atoms with Crippen LogP contribution in [0.5, 0.6) is 5.75 Å². The minimum Gasteiger partial charge on any atom is -0.495 e. The first-order chi connectivity index (χ1) is 12.3. The maximum absolute atomic E-state index is 14.5. The molecule has 0 bridgehead atoms. The van der Waals surface area contributed by atoms with E-state index < -0.39 is 30.0 Å². The number of alkyl halides is 2. The number of nitrogens with one attached hydrogen (secondary N) is 1. The van der Waals surface area contributed by atoms with E-state index in [0.29, 0.717) is 21.7 Å². The fraction of sp³-hybridized carbons (Fsp3) is 0.412. The van der Waals surface area contributed by atoms with Crippen LogP contribution in [0.4, 0.5) is 14.5 Å². The molecule has 2 heterocycles. The Balaban J connectivity index is 1.79. The Hall–Kier alpha value is -2.52. The summed E-state index contributed by atoms with van der Waals surface area (Å²) < 4.78 is 40.1. The lowest BCUT2D eigenvalue weighted by Gasteiger charge is -2.20. The number of anilines is 1. The molecule has 0 unspecified atom stereocenters. The summed E-state index contributed by atoms with van der Waals surface area (Å²) in [5.41, 5.74) is 0.120. The van der Waals surface area contributed by atoms with E-state index in [9.17, 15) is 18.7 Å². The Kier molecular flexibility index (Phi) is 4.92. The van der Waals surface area contributed by atoms with E-state index in [1.807, 2.05) is 0 Å². The molecule has 1 aliphatic heterocycles. The second-order valence-electron chi connectivity index (χ2n) is 5.99. The zero-order chi connectivity index (χ0) is 18.9. The van der Waals surface area contributed by atoms with Crippen LogP contribution in [-0.4, -0.2) is 46.4 Å². The molecule has 1 aromatic carbocycles. The third kappa shape index (κ3) is 3.27. The molecule has 1 aliphatic rings. The predicted octanol–water partition coefficient (Wildman–Crippen LogP) is 1.57. The Morgan fingerprint density at radius 2 is 2.12 bits per heavy atom. The van der Waals surface area contributed by atoms with Gasteiger partial charge in [-0.05, 0) is 25.1 Å². The van der Waals surface area contributed by atoms with Gasteiger partial charge in [-0.2, -0.15) is 13.8 Å². The van der Waals surface area contributed by atoms with E-state index in [1.165, 1.54) is 19.4 Å². The average molecular weight is 367 g/mol. The fourth-order valence-corrected chi connectivity index (χ4v) is 2.81. The molecule has 1 fully saturated rings. The van der Waals surface area contributed by atoms with Crippen molar-refractivity contribution in [3.63, 3.8) is 0 Å². The van der Waals surface area contributed by atoms with Gasteiger partial charge >= 0.3 is 11.6 Å². The molecule has 7 nitrogen and oxygen atoms in total. The summed E-state index contributed by atoms with van der Waals surface area (Å²) in [5.74, 6) is -3.12. The molecule has 0 saturated carbocycles. The van der Waals surface area contributed by atoms with Crippen molar-refractivity contribution in [1.29, 1.82) is 0 Å². The lowest BCUT2D eigenvalue weighted by atomic mass is 10.1. The average Bonchev–Trinajstić information content (AvgIpc) is 2.83. The monoisotopic (exact) mass is 367 g/mol. The minimum absolute atomic E-state index is 0.0956. The Labute approximate surface area is 148 Å². The molecular formula is C17H19F2N3O4. The number of ether oxygens (including phenoxy) is 2. The maximum atomic E-state index is 14.5. The van der Waals surface area contributed by atoms with Crippen LogP contribution >= 0.6 is 0 Å². The van der Waals surface area contributed by atoms with Gasteiger partial charge in [-0.3, -0.25) is 4.57 Å². The summed E-state index contributed by atoms with van der Waals surface area (Å²) in [4.78, 5) is 15.5. The van der Waals surface area contributed by atoms with Crippen molar-refractivity contribution in [2.45, 2.75) is 31.3 Å². The molecule has 1 saturated heterocycles. The van der Waals surface area contributed by atoms with Crippen molar-refractivity contribution in [3.8, 4) is 5.75 Å². The van der Waals surface area contributed by atoms with Crippen LogP contribution in [0.15, 0.2) is 41.3 Å². The number of aliphatic hydroxyl groups excluding tert-OH is 1. The van der Waals surface area contributed by atoms with Gasteiger partial charge < -0.3 is 19.9 Å². The third-order valence-corrected chi connectivity index (χ3v) is 4.20. The number of aliphatic hydroxyl groups is 1. The van der Waals surface area contributed by atoms with Gasteiger partial charge in [0.05, 0.1) is 12.8 Å². The lowest BCUT2D eigenvalue weighted by molar-refractivity contribution is -0.140. The van der Waals surface area contributed by atoms with Crippen LogP contribution in [0.3, 0.4) is 0 Å². The van der Waals surface area contributed by atoms with Crippen LogP contribution in [0.25, 0.3) is 0 Å². The standard InChI is InChI=1S/C17H19F2N3O4/c1-10-7-8-22(16(24)21-10)15-17(18,19)14(23)13(26-15)9-20-11-5-3-4-6-12(11)25-2/h3-8,13-15,20,23H,9H2,1-2H3/t13-,14-,15-/m1/s1. The second-order valence-corrected chi connectivity index (χ2v) is 5.99. The quantitative estimate of drug-likeness (QED) is 0.834. The number of aryl methyl sites for hydroxylation is 1. The highest BCUT2D eigenvalue weighted by atomic mass is 19.3. The first kappa shape index (κ1) is 18.3. The molecule has 26 heavy (non-hydrogen) atoms. The van der Waals surface area contributed by atoms with Gasteiger partial charge in [-0.1, -0.05) is 12.1 Å². The summed E-state index contributed by atoms with van der Waals surface area (Å²) >= 11 is 0. The summed E-state index contributed by atoms with van der Waals surface area (Å²) in [6.45, 7) is 1.48. The Morgan fingerprint density at radius 3 is 2.81 bits per heavy atom. The van der Waals surface area contributed by atoms with Gasteiger partial charge in [-0.25, -0.2) is 4.79 Å². The topological polar surface area (TPSA) is 85.6 Å². The fourth-order valence-electron chi connectivity index (χ4n) is 2.81. The molecule has 0 aliphatic carbocycles. The predicted molar refractivity (Wildman–Crippen MR) is 89.6 cm³/mol. The molecular weight excluding hydrogens is 348 g/mol. The molecule has 0 radical (unpaired) electrons. The van der Waals surface area contributed by atoms with Crippen LogP contribution in [0, 0.1) is 6.92 Å². The Bertz CT molecular complexity index is 843. The largest absolute Gasteiger partial charge is 0.495 e. The summed E-state index contributed by atoms with van der Waals surface area (Å²) in [6.07, 6.45) is -4.05. The highest BCUT2D eigenvalue weighted by molar-refractivity contribution is 5.56. The number of benzene rings is 1. The van der Waals surface area contributed by atoms with Gasteiger partial charge in [0, 0.05) is 18.4 Å². The molecule has 0 amide bonds. The van der Waals surface area contributed by atoms with Crippen molar-refractivity contribution in [2.24, 2.45) is 0 Å². The zero-order valence-electron chi connectivity index (χ0n) is 14.2. The minimum atomic E-state index is -3.64. The second kappa shape index (κ2) is 7.00. The summed E-state index contributed by atoms with van der Waals surface area (Å²) in [7, 11) is 1.49. The summed E-state index contributed by atoms with van der Waals surface area (Å²) in [5, 5.41) is 12.9. The highest BCUT2D eigenvalue weighted by Gasteiger charge is 2.59. The van der Waals surface area contributed by atoms with E-state index in [4.69, 9.17) is 9.47 Å². The van der Waals surface area contributed by atoms with Crippen molar-refractivity contribution < 1.29 is 23.4 Å². The van der Waals surface area contributed by atoms with Crippen LogP contribution in [-0.2, 0) is 4.74 Å². The van der Waals surface area contributed by atoms with Crippen molar-refractivity contribution >= 4 is 5.69 Å². The maximum Gasteiger partial charge on any atom is 0.350 e. The number of nitrogens with zero attached hydrogens (tertiary/aromatic N) is 2. The molecule has 3 atom stereocenters. The Morgan fingerprint density at radius 1 is 1.38 bits per heavy atom. The van der Waals surface area contributed by atoms with E-state index in [-0.39, 0.29) is 6.54 Å². The van der Waals surface area contributed by atoms with E-state index in [1.54, 1.807) is 31.2 Å². The first-order valence-electron chi connectivity index (χ1n) is 7.98. The van der Waals surface area contributed by atoms with Gasteiger partial charge in [0.15, 0.2) is 0 Å². The third-order valence-electron chi connectivity index (χ3n) is 4.20. The molecule has 0 spiro atoms. The zero-order valence-corrected chi connectivity index (χ0v) is 14.2. The van der Waals surface area contributed by atoms with E-state index >= 15 is 0 Å². The molecule has 9 heteroatoms. The molecule has 2 aromatic rings. The SMILES string of the molecule is COc1ccccc1NC[C@H]1O[C@@H](n2ccc(C)nc2=O)C(F)(F)[C@@H]1O. The van der Waals surface area contributed by atoms with Crippen LogP contribution in [0.1, 0.15) is 11.9 Å². The number of para-hydroxylation sites is 2. The normalized spacial score (nSPS) is 24.4. The van der Waals surface area contributed by atoms with Gasteiger partial charge in [0.1, 0.15) is 18.0 Å². The van der Waals surface area contributed by atoms with Crippen LogP contribution < -0.4 is 15.7 Å². The van der Waals surface area contributed by atoms with Gasteiger partial charge in [0.25, 0.3) is 0 Å². The van der Waals surface area contributed by atoms with E-state index in [0.717, 1.165) is 0 Å². The summed E-state index contributed by atoms with van der Waals surface area (Å²) in [6, 6.07) is 8.37. The number of halogens is 2. The lowest BCUT2D eigenvalue weighted by Crippen LogP contribution is -2.42. The number of rotatable bonds is 5. The molecule has 140 valence electrons. The van der Waals surface area contributed by atoms with Gasteiger partial charge in [-0.15, -0.1) is 0 Å². The van der Waals surface area contributed by atoms with E-state index in [2.05, 4.69) is 10.3 Å². The number of hydrogen-bond acceptors (Lipinski definition) is 6. The number of aromatic nitrogens is 2. The smallest absolute Gasteiger partial charge is 0.350 e.